The number of aromatic amines is 1. The number of sulfonamides is 1. The molecule has 2 aromatic rings. The normalized spacial score (nSPS) is 13.5. The third kappa shape index (κ3) is 5.30. The molecule has 1 aromatic carbocycles. The largest absolute Gasteiger partial charge is 0.383 e. The lowest BCUT2D eigenvalue weighted by Gasteiger charge is -2.13. The molecule has 9 nitrogen and oxygen atoms in total. The molecular weight excluding hydrogens is 406 g/mol. The van der Waals surface area contributed by atoms with Crippen LogP contribution in [0.25, 0.3) is 0 Å². The molecule has 0 radical (unpaired) electrons. The SMILES string of the molecule is COCCNS(=O)(=O)c1cccc(CNC(=O)c2n[nH]c3c2CNCC3)c1.Cl. The molecule has 1 aliphatic heterocycles. The summed E-state index contributed by atoms with van der Waals surface area (Å²) in [7, 11) is -2.11. The van der Waals surface area contributed by atoms with Crippen LogP contribution in [0.1, 0.15) is 27.3 Å². The maximum Gasteiger partial charge on any atom is 0.272 e. The molecule has 4 N–H and O–H groups in total. The standard InChI is InChI=1S/C17H23N5O4S.ClH/c1-26-8-7-20-27(24,25)13-4-2-3-12(9-13)10-19-17(23)16-14-11-18-6-5-15(14)21-22-16;/h2-4,9,18,20H,5-8,10-11H2,1H3,(H,19,23)(H,21,22);1H. The van der Waals surface area contributed by atoms with E-state index in [1.54, 1.807) is 12.1 Å². The average Bonchev–Trinajstić information content (AvgIpc) is 3.11. The van der Waals surface area contributed by atoms with Crippen molar-refractivity contribution < 1.29 is 17.9 Å². The van der Waals surface area contributed by atoms with Crippen LogP contribution in [-0.2, 0) is 34.3 Å². The van der Waals surface area contributed by atoms with Gasteiger partial charge in [-0.05, 0) is 17.7 Å². The van der Waals surface area contributed by atoms with E-state index in [-0.39, 0.29) is 42.9 Å². The second kappa shape index (κ2) is 9.99. The number of H-pyrrole nitrogens is 1. The second-order valence-electron chi connectivity index (χ2n) is 6.18. The summed E-state index contributed by atoms with van der Waals surface area (Å²) in [5.41, 5.74) is 2.93. The topological polar surface area (TPSA) is 125 Å². The van der Waals surface area contributed by atoms with Gasteiger partial charge in [-0.1, -0.05) is 12.1 Å². The Morgan fingerprint density at radius 2 is 2.18 bits per heavy atom. The molecule has 0 saturated heterocycles. The molecule has 3 rings (SSSR count). The number of hydrogen-bond acceptors (Lipinski definition) is 6. The number of nitrogens with zero attached hydrogens (tertiary/aromatic N) is 1. The number of methoxy groups -OCH3 is 1. The predicted octanol–water partition coefficient (Wildman–Crippen LogP) is 0.332. The van der Waals surface area contributed by atoms with Crippen molar-refractivity contribution in [2.75, 3.05) is 26.8 Å². The van der Waals surface area contributed by atoms with E-state index >= 15 is 0 Å². The van der Waals surface area contributed by atoms with Crippen LogP contribution >= 0.6 is 12.4 Å². The molecule has 2 heterocycles. The van der Waals surface area contributed by atoms with Crippen LogP contribution in [0.15, 0.2) is 29.2 Å². The van der Waals surface area contributed by atoms with Crippen molar-refractivity contribution in [3.8, 4) is 0 Å². The highest BCUT2D eigenvalue weighted by molar-refractivity contribution is 7.89. The molecular formula is C17H24ClN5O4S. The molecule has 11 heteroatoms. The zero-order chi connectivity index (χ0) is 19.3. The first-order valence-electron chi connectivity index (χ1n) is 8.64. The van der Waals surface area contributed by atoms with Crippen molar-refractivity contribution in [2.24, 2.45) is 0 Å². The molecule has 0 fully saturated rings. The van der Waals surface area contributed by atoms with E-state index in [0.717, 1.165) is 24.2 Å². The first-order valence-corrected chi connectivity index (χ1v) is 10.1. The van der Waals surface area contributed by atoms with Gasteiger partial charge in [0.1, 0.15) is 0 Å². The van der Waals surface area contributed by atoms with E-state index in [4.69, 9.17) is 4.74 Å². The average molecular weight is 430 g/mol. The van der Waals surface area contributed by atoms with Gasteiger partial charge in [0.25, 0.3) is 5.91 Å². The number of aromatic nitrogens is 2. The Morgan fingerprint density at radius 3 is 2.96 bits per heavy atom. The summed E-state index contributed by atoms with van der Waals surface area (Å²) in [6.45, 7) is 2.15. The zero-order valence-electron chi connectivity index (χ0n) is 15.4. The van der Waals surface area contributed by atoms with Crippen molar-refractivity contribution in [2.45, 2.75) is 24.4 Å². The van der Waals surface area contributed by atoms with Crippen molar-refractivity contribution >= 4 is 28.3 Å². The fraction of sp³-hybridized carbons (Fsp3) is 0.412. The zero-order valence-corrected chi connectivity index (χ0v) is 17.1. The van der Waals surface area contributed by atoms with Gasteiger partial charge in [0, 0.05) is 51.0 Å². The Bertz CT molecular complexity index is 916. The molecule has 1 amide bonds. The van der Waals surface area contributed by atoms with Crippen LogP contribution in [0.2, 0.25) is 0 Å². The number of halogens is 1. The summed E-state index contributed by atoms with van der Waals surface area (Å²) in [5.74, 6) is -0.289. The maximum absolute atomic E-state index is 12.4. The number of hydrogen-bond donors (Lipinski definition) is 4. The van der Waals surface area contributed by atoms with Crippen molar-refractivity contribution in [1.29, 1.82) is 0 Å². The van der Waals surface area contributed by atoms with Crippen molar-refractivity contribution in [3.05, 3.63) is 46.8 Å². The third-order valence-corrected chi connectivity index (χ3v) is 5.74. The molecule has 0 bridgehead atoms. The first-order chi connectivity index (χ1) is 13.0. The molecule has 0 aliphatic carbocycles. The molecule has 154 valence electrons. The van der Waals surface area contributed by atoms with Crippen molar-refractivity contribution in [1.82, 2.24) is 25.6 Å². The van der Waals surface area contributed by atoms with Gasteiger partial charge in [0.2, 0.25) is 10.0 Å². The lowest BCUT2D eigenvalue weighted by atomic mass is 10.1. The van der Waals surface area contributed by atoms with Crippen molar-refractivity contribution in [3.63, 3.8) is 0 Å². The van der Waals surface area contributed by atoms with Crippen LogP contribution < -0.4 is 15.4 Å². The molecule has 0 saturated carbocycles. The van der Waals surface area contributed by atoms with Gasteiger partial charge >= 0.3 is 0 Å². The Morgan fingerprint density at radius 1 is 1.36 bits per heavy atom. The highest BCUT2D eigenvalue weighted by Crippen LogP contribution is 2.16. The van der Waals surface area contributed by atoms with Crippen LogP contribution in [-0.4, -0.2) is 51.3 Å². The van der Waals surface area contributed by atoms with E-state index in [1.165, 1.54) is 19.2 Å². The fourth-order valence-electron chi connectivity index (χ4n) is 2.86. The summed E-state index contributed by atoms with van der Waals surface area (Å²) in [6.07, 6.45) is 0.811. The second-order valence-corrected chi connectivity index (χ2v) is 7.94. The summed E-state index contributed by atoms with van der Waals surface area (Å²) in [4.78, 5) is 12.6. The molecule has 1 aliphatic rings. The van der Waals surface area contributed by atoms with E-state index in [2.05, 4.69) is 25.6 Å². The van der Waals surface area contributed by atoms with Gasteiger partial charge in [0.05, 0.1) is 11.5 Å². The van der Waals surface area contributed by atoms with E-state index in [1.807, 2.05) is 0 Å². The summed E-state index contributed by atoms with van der Waals surface area (Å²) in [6, 6.07) is 6.45. The van der Waals surface area contributed by atoms with E-state index in [0.29, 0.717) is 17.8 Å². The number of fused-ring (bicyclic) bond motifs is 1. The smallest absolute Gasteiger partial charge is 0.272 e. The third-order valence-electron chi connectivity index (χ3n) is 4.28. The molecule has 0 atom stereocenters. The number of carbonyl (C=O) groups is 1. The first kappa shape index (κ1) is 22.3. The van der Waals surface area contributed by atoms with Gasteiger partial charge in [-0.2, -0.15) is 5.10 Å². The minimum Gasteiger partial charge on any atom is -0.383 e. The lowest BCUT2D eigenvalue weighted by Crippen LogP contribution is -2.28. The number of amides is 1. The Labute approximate surface area is 170 Å². The minimum absolute atomic E-state index is 0. The molecule has 1 aromatic heterocycles. The summed E-state index contributed by atoms with van der Waals surface area (Å²) in [5, 5.41) is 13.0. The highest BCUT2D eigenvalue weighted by Gasteiger charge is 2.21. The van der Waals surface area contributed by atoms with Crippen LogP contribution in [0, 0.1) is 0 Å². The maximum atomic E-state index is 12.4. The number of carbonyl (C=O) groups excluding carboxylic acids is 1. The number of nitrogens with one attached hydrogen (secondary N) is 4. The van der Waals surface area contributed by atoms with E-state index < -0.39 is 10.0 Å². The number of rotatable bonds is 8. The lowest BCUT2D eigenvalue weighted by molar-refractivity contribution is 0.0944. The highest BCUT2D eigenvalue weighted by atomic mass is 35.5. The predicted molar refractivity (Wildman–Crippen MR) is 106 cm³/mol. The number of benzene rings is 1. The molecule has 28 heavy (non-hydrogen) atoms. The molecule has 0 spiro atoms. The summed E-state index contributed by atoms with van der Waals surface area (Å²) >= 11 is 0. The van der Waals surface area contributed by atoms with Gasteiger partial charge in [0.15, 0.2) is 5.69 Å². The minimum atomic E-state index is -3.62. The van der Waals surface area contributed by atoms with E-state index in [9.17, 15) is 13.2 Å². The number of ether oxygens (including phenoxy) is 1. The Hall–Kier alpha value is -1.98. The van der Waals surface area contributed by atoms with Crippen LogP contribution in [0.4, 0.5) is 0 Å². The molecule has 0 unspecified atom stereocenters. The quantitative estimate of drug-likeness (QED) is 0.448. The Kier molecular flexibility index (Phi) is 7.96. The Balaban J connectivity index is 0.00000280. The van der Waals surface area contributed by atoms with Gasteiger partial charge in [-0.3, -0.25) is 9.89 Å². The van der Waals surface area contributed by atoms with Gasteiger partial charge in [-0.15, -0.1) is 12.4 Å². The monoisotopic (exact) mass is 429 g/mol. The van der Waals surface area contributed by atoms with Crippen LogP contribution in [0.5, 0.6) is 0 Å². The summed E-state index contributed by atoms with van der Waals surface area (Å²) < 4.78 is 31.9. The van der Waals surface area contributed by atoms with Crippen LogP contribution in [0.3, 0.4) is 0 Å². The fourth-order valence-corrected chi connectivity index (χ4v) is 3.95. The van der Waals surface area contributed by atoms with Gasteiger partial charge < -0.3 is 15.4 Å². The van der Waals surface area contributed by atoms with Gasteiger partial charge in [-0.25, -0.2) is 13.1 Å².